The van der Waals surface area contributed by atoms with Gasteiger partial charge in [0.2, 0.25) is 0 Å². The van der Waals surface area contributed by atoms with E-state index in [4.69, 9.17) is 9.47 Å². The van der Waals surface area contributed by atoms with Gasteiger partial charge < -0.3 is 9.47 Å². The molecule has 0 amide bonds. The van der Waals surface area contributed by atoms with Crippen molar-refractivity contribution >= 4 is 0 Å². The molecule has 2 aromatic carbocycles. The number of benzene rings is 2. The first-order chi connectivity index (χ1) is 9.97. The lowest BCUT2D eigenvalue weighted by molar-refractivity contribution is 0.0366. The third-order valence-electron chi connectivity index (χ3n) is 3.04. The molecule has 0 unspecified atom stereocenters. The minimum atomic E-state index is 1.00. The lowest BCUT2D eigenvalue weighted by Gasteiger charge is -2.09. The second-order valence-electron chi connectivity index (χ2n) is 4.66. The standard InChI is InChI=1S/C12H10.2C3H6O/c1-3-7-11(8-4-1)12-9-5-2-6-10-12;2*1-2-4-3-1/h1-10H;2*1-3H2. The molecule has 0 bridgehead atoms. The van der Waals surface area contributed by atoms with E-state index in [1.807, 2.05) is 12.1 Å². The van der Waals surface area contributed by atoms with E-state index in [1.54, 1.807) is 0 Å². The maximum absolute atomic E-state index is 4.72. The Kier molecular flexibility index (Phi) is 6.86. The number of hydrogen-bond acceptors (Lipinski definition) is 2. The predicted molar refractivity (Wildman–Crippen MR) is 82.8 cm³/mol. The van der Waals surface area contributed by atoms with Crippen molar-refractivity contribution in [2.45, 2.75) is 12.8 Å². The van der Waals surface area contributed by atoms with Crippen LogP contribution >= 0.6 is 0 Å². The van der Waals surface area contributed by atoms with Crippen LogP contribution in [0.25, 0.3) is 11.1 Å². The molecule has 0 atom stereocenters. The summed E-state index contributed by atoms with van der Waals surface area (Å²) in [5, 5.41) is 0. The van der Waals surface area contributed by atoms with Gasteiger partial charge in [0, 0.05) is 26.4 Å². The Labute approximate surface area is 121 Å². The molecule has 0 spiro atoms. The van der Waals surface area contributed by atoms with Crippen molar-refractivity contribution in [2.75, 3.05) is 26.4 Å². The van der Waals surface area contributed by atoms with Gasteiger partial charge in [0.1, 0.15) is 0 Å². The highest BCUT2D eigenvalue weighted by atomic mass is 16.5. The lowest BCUT2D eigenvalue weighted by Crippen LogP contribution is -2.09. The first-order valence-electron chi connectivity index (χ1n) is 7.23. The minimum absolute atomic E-state index is 1.00. The molecule has 2 nitrogen and oxygen atoms in total. The molecule has 2 aliphatic rings. The molecule has 0 aromatic heterocycles. The average molecular weight is 270 g/mol. The Bertz CT molecular complexity index is 392. The van der Waals surface area contributed by atoms with Crippen molar-refractivity contribution in [3.63, 3.8) is 0 Å². The third-order valence-corrected chi connectivity index (χ3v) is 3.04. The summed E-state index contributed by atoms with van der Waals surface area (Å²) in [7, 11) is 0. The highest BCUT2D eigenvalue weighted by Crippen LogP contribution is 2.17. The van der Waals surface area contributed by atoms with Gasteiger partial charge in [-0.05, 0) is 24.0 Å². The van der Waals surface area contributed by atoms with E-state index < -0.39 is 0 Å². The number of ether oxygens (including phenoxy) is 2. The van der Waals surface area contributed by atoms with Gasteiger partial charge in [0.25, 0.3) is 0 Å². The fourth-order valence-corrected chi connectivity index (χ4v) is 1.55. The summed E-state index contributed by atoms with van der Waals surface area (Å²) in [6.07, 6.45) is 2.56. The quantitative estimate of drug-likeness (QED) is 0.774. The zero-order valence-electron chi connectivity index (χ0n) is 11.8. The third kappa shape index (κ3) is 5.55. The van der Waals surface area contributed by atoms with Gasteiger partial charge in [-0.25, -0.2) is 0 Å². The summed E-state index contributed by atoms with van der Waals surface area (Å²) in [5.74, 6) is 0. The van der Waals surface area contributed by atoms with E-state index in [0.717, 1.165) is 26.4 Å². The molecule has 2 aromatic rings. The normalized spacial score (nSPS) is 15.4. The van der Waals surface area contributed by atoms with E-state index in [0.29, 0.717) is 0 Å². The highest BCUT2D eigenvalue weighted by Gasteiger charge is 1.95. The Balaban J connectivity index is 0.000000149. The molecule has 2 heteroatoms. The molecule has 2 heterocycles. The largest absolute Gasteiger partial charge is 0.381 e. The van der Waals surface area contributed by atoms with Crippen molar-refractivity contribution in [1.82, 2.24) is 0 Å². The lowest BCUT2D eigenvalue weighted by atomic mass is 10.1. The van der Waals surface area contributed by atoms with E-state index in [1.165, 1.54) is 24.0 Å². The van der Waals surface area contributed by atoms with Crippen LogP contribution < -0.4 is 0 Å². The maximum Gasteiger partial charge on any atom is 0.0488 e. The minimum Gasteiger partial charge on any atom is -0.381 e. The predicted octanol–water partition coefficient (Wildman–Crippen LogP) is 4.17. The van der Waals surface area contributed by atoms with Crippen LogP contribution in [0.5, 0.6) is 0 Å². The van der Waals surface area contributed by atoms with E-state index in [-0.39, 0.29) is 0 Å². The van der Waals surface area contributed by atoms with Crippen molar-refractivity contribution < 1.29 is 9.47 Å². The Hall–Kier alpha value is -1.64. The number of hydrogen-bond donors (Lipinski definition) is 0. The first kappa shape index (κ1) is 14.8. The average Bonchev–Trinajstić information content (AvgIpc) is 2.37. The molecule has 0 saturated carbocycles. The molecule has 20 heavy (non-hydrogen) atoms. The summed E-state index contributed by atoms with van der Waals surface area (Å²) in [5.41, 5.74) is 2.55. The molecular weight excluding hydrogens is 248 g/mol. The molecule has 4 rings (SSSR count). The smallest absolute Gasteiger partial charge is 0.0488 e. The van der Waals surface area contributed by atoms with Gasteiger partial charge in [-0.15, -0.1) is 0 Å². The van der Waals surface area contributed by atoms with Crippen molar-refractivity contribution in [3.8, 4) is 11.1 Å². The van der Waals surface area contributed by atoms with Crippen LogP contribution in [0.1, 0.15) is 12.8 Å². The van der Waals surface area contributed by atoms with E-state index in [9.17, 15) is 0 Å². The Morgan fingerprint density at radius 2 is 0.750 bits per heavy atom. The van der Waals surface area contributed by atoms with Crippen molar-refractivity contribution in [1.29, 1.82) is 0 Å². The van der Waals surface area contributed by atoms with Gasteiger partial charge in [-0.1, -0.05) is 60.7 Å². The molecule has 2 aliphatic heterocycles. The van der Waals surface area contributed by atoms with Gasteiger partial charge in [-0.2, -0.15) is 0 Å². The van der Waals surface area contributed by atoms with Crippen LogP contribution in [0.2, 0.25) is 0 Å². The number of rotatable bonds is 1. The van der Waals surface area contributed by atoms with Gasteiger partial charge >= 0.3 is 0 Å². The fourth-order valence-electron chi connectivity index (χ4n) is 1.55. The summed E-state index contributed by atoms with van der Waals surface area (Å²) in [6, 6.07) is 20.8. The molecular formula is C18H22O2. The van der Waals surface area contributed by atoms with Crippen LogP contribution in [0.3, 0.4) is 0 Å². The van der Waals surface area contributed by atoms with Crippen molar-refractivity contribution in [3.05, 3.63) is 60.7 Å². The van der Waals surface area contributed by atoms with Crippen LogP contribution in [-0.2, 0) is 9.47 Å². The van der Waals surface area contributed by atoms with E-state index >= 15 is 0 Å². The summed E-state index contributed by atoms with van der Waals surface area (Å²) >= 11 is 0. The zero-order chi connectivity index (χ0) is 13.9. The van der Waals surface area contributed by atoms with Crippen LogP contribution in [0.15, 0.2) is 60.7 Å². The van der Waals surface area contributed by atoms with Gasteiger partial charge in [0.15, 0.2) is 0 Å². The second-order valence-corrected chi connectivity index (χ2v) is 4.66. The maximum atomic E-state index is 4.72. The fraction of sp³-hybridized carbons (Fsp3) is 0.333. The SMILES string of the molecule is C1COC1.C1COC1.c1ccc(-c2ccccc2)cc1. The molecule has 0 radical (unpaired) electrons. The summed E-state index contributed by atoms with van der Waals surface area (Å²) in [6.45, 7) is 4.00. The van der Waals surface area contributed by atoms with E-state index in [2.05, 4.69) is 48.5 Å². The van der Waals surface area contributed by atoms with Gasteiger partial charge in [-0.3, -0.25) is 0 Å². The highest BCUT2D eigenvalue weighted by molar-refractivity contribution is 5.62. The van der Waals surface area contributed by atoms with Crippen LogP contribution in [-0.4, -0.2) is 26.4 Å². The molecule has 2 fully saturated rings. The summed E-state index contributed by atoms with van der Waals surface area (Å²) in [4.78, 5) is 0. The summed E-state index contributed by atoms with van der Waals surface area (Å²) < 4.78 is 9.44. The molecule has 0 N–H and O–H groups in total. The topological polar surface area (TPSA) is 18.5 Å². The molecule has 106 valence electrons. The second kappa shape index (κ2) is 9.29. The molecule has 2 saturated heterocycles. The first-order valence-corrected chi connectivity index (χ1v) is 7.23. The van der Waals surface area contributed by atoms with Crippen LogP contribution in [0.4, 0.5) is 0 Å². The van der Waals surface area contributed by atoms with Crippen LogP contribution in [0, 0.1) is 0 Å². The van der Waals surface area contributed by atoms with Gasteiger partial charge in [0.05, 0.1) is 0 Å². The van der Waals surface area contributed by atoms with Crippen molar-refractivity contribution in [2.24, 2.45) is 0 Å². The zero-order valence-corrected chi connectivity index (χ0v) is 11.8. The Morgan fingerprint density at radius 3 is 0.950 bits per heavy atom. The molecule has 0 aliphatic carbocycles. The Morgan fingerprint density at radius 1 is 0.500 bits per heavy atom. The monoisotopic (exact) mass is 270 g/mol.